The molecule has 1 amide bonds. The molecule has 3 nitrogen and oxygen atoms in total. The second kappa shape index (κ2) is 5.13. The van der Waals surface area contributed by atoms with Gasteiger partial charge in [0.15, 0.2) is 0 Å². The number of carbonyl (C=O) groups excluding carboxylic acids is 1. The highest BCUT2D eigenvalue weighted by Crippen LogP contribution is 2.17. The van der Waals surface area contributed by atoms with Gasteiger partial charge in [0.2, 0.25) is 5.91 Å². The molecule has 0 rings (SSSR count). The van der Waals surface area contributed by atoms with Crippen LogP contribution in [-0.4, -0.2) is 17.6 Å². The average molecular weight is 159 g/mol. The van der Waals surface area contributed by atoms with Gasteiger partial charge < -0.3 is 10.8 Å². The number of amides is 1. The maximum Gasteiger partial charge on any atom is 0.220 e. The van der Waals surface area contributed by atoms with E-state index in [4.69, 9.17) is 10.8 Å². The summed E-state index contributed by atoms with van der Waals surface area (Å²) in [6, 6.07) is 0. The lowest BCUT2D eigenvalue weighted by atomic mass is 9.89. The summed E-state index contributed by atoms with van der Waals surface area (Å²) in [5.74, 6) is -0.182. The molecule has 2 atom stereocenters. The van der Waals surface area contributed by atoms with Crippen LogP contribution >= 0.6 is 0 Å². The molecular weight excluding hydrogens is 142 g/mol. The van der Waals surface area contributed by atoms with Crippen LogP contribution in [0.25, 0.3) is 0 Å². The van der Waals surface area contributed by atoms with Crippen LogP contribution < -0.4 is 5.73 Å². The molecule has 0 aromatic rings. The van der Waals surface area contributed by atoms with Crippen LogP contribution in [0, 0.1) is 11.8 Å². The molecule has 0 spiro atoms. The van der Waals surface area contributed by atoms with Gasteiger partial charge in [-0.1, -0.05) is 20.3 Å². The van der Waals surface area contributed by atoms with E-state index in [0.29, 0.717) is 6.42 Å². The van der Waals surface area contributed by atoms with E-state index < -0.39 is 0 Å². The second-order valence-corrected chi connectivity index (χ2v) is 2.91. The average Bonchev–Trinajstić information content (AvgIpc) is 1.98. The maximum atomic E-state index is 10.8. The van der Waals surface area contributed by atoms with E-state index in [1.165, 1.54) is 0 Å². The molecule has 0 fully saturated rings. The Kier molecular flexibility index (Phi) is 4.86. The van der Waals surface area contributed by atoms with E-state index in [1.54, 1.807) is 0 Å². The van der Waals surface area contributed by atoms with Crippen molar-refractivity contribution in [1.29, 1.82) is 0 Å². The summed E-state index contributed by atoms with van der Waals surface area (Å²) >= 11 is 0. The van der Waals surface area contributed by atoms with Gasteiger partial charge in [-0.3, -0.25) is 4.79 Å². The molecule has 0 bridgehead atoms. The maximum absolute atomic E-state index is 10.8. The zero-order chi connectivity index (χ0) is 8.85. The van der Waals surface area contributed by atoms with Crippen LogP contribution in [0.3, 0.4) is 0 Å². The minimum absolute atomic E-state index is 0.0396. The molecule has 2 unspecified atom stereocenters. The quantitative estimate of drug-likeness (QED) is 0.614. The van der Waals surface area contributed by atoms with Gasteiger partial charge in [-0.15, -0.1) is 0 Å². The molecule has 3 N–H and O–H groups in total. The van der Waals surface area contributed by atoms with Crippen LogP contribution in [0.5, 0.6) is 0 Å². The van der Waals surface area contributed by atoms with Crippen molar-refractivity contribution in [3.05, 3.63) is 0 Å². The van der Waals surface area contributed by atoms with E-state index in [0.717, 1.165) is 6.42 Å². The fourth-order valence-corrected chi connectivity index (χ4v) is 1.13. The van der Waals surface area contributed by atoms with E-state index in [-0.39, 0.29) is 24.3 Å². The van der Waals surface area contributed by atoms with Crippen molar-refractivity contribution in [2.45, 2.75) is 26.7 Å². The third-order valence-electron chi connectivity index (χ3n) is 2.14. The van der Waals surface area contributed by atoms with Gasteiger partial charge in [0.1, 0.15) is 0 Å². The normalized spacial score (nSPS) is 15.9. The number of rotatable bonds is 5. The number of aliphatic hydroxyl groups excluding tert-OH is 1. The predicted octanol–water partition coefficient (Wildman–Crippen LogP) is 0.516. The van der Waals surface area contributed by atoms with E-state index >= 15 is 0 Å². The van der Waals surface area contributed by atoms with E-state index in [1.807, 2.05) is 13.8 Å². The summed E-state index contributed by atoms with van der Waals surface area (Å²) in [6.45, 7) is 4.03. The van der Waals surface area contributed by atoms with Crippen LogP contribution in [0.15, 0.2) is 0 Å². The summed E-state index contributed by atoms with van der Waals surface area (Å²) in [4.78, 5) is 10.8. The van der Waals surface area contributed by atoms with E-state index in [9.17, 15) is 4.79 Å². The first-order valence-corrected chi connectivity index (χ1v) is 4.03. The van der Waals surface area contributed by atoms with Gasteiger partial charge in [-0.25, -0.2) is 0 Å². The molecule has 11 heavy (non-hydrogen) atoms. The Morgan fingerprint density at radius 1 is 1.64 bits per heavy atom. The Balaban J connectivity index is 3.97. The molecule has 0 saturated heterocycles. The fraction of sp³-hybridized carbons (Fsp3) is 0.875. The number of carbonyl (C=O) groups is 1. The minimum Gasteiger partial charge on any atom is -0.396 e. The first-order valence-electron chi connectivity index (χ1n) is 4.03. The first kappa shape index (κ1) is 10.4. The number of hydrogen-bond acceptors (Lipinski definition) is 2. The van der Waals surface area contributed by atoms with Crippen molar-refractivity contribution < 1.29 is 9.90 Å². The molecule has 66 valence electrons. The van der Waals surface area contributed by atoms with Crippen molar-refractivity contribution in [2.24, 2.45) is 17.6 Å². The summed E-state index contributed by atoms with van der Waals surface area (Å²) in [7, 11) is 0. The van der Waals surface area contributed by atoms with Gasteiger partial charge in [0.25, 0.3) is 0 Å². The Morgan fingerprint density at radius 3 is 2.45 bits per heavy atom. The number of primary amides is 1. The lowest BCUT2D eigenvalue weighted by Crippen LogP contribution is -2.29. The van der Waals surface area contributed by atoms with Crippen LogP contribution in [0.1, 0.15) is 26.7 Å². The van der Waals surface area contributed by atoms with Crippen LogP contribution in [-0.2, 0) is 4.79 Å². The second-order valence-electron chi connectivity index (χ2n) is 2.91. The predicted molar refractivity (Wildman–Crippen MR) is 43.8 cm³/mol. The van der Waals surface area contributed by atoms with Crippen LogP contribution in [0.4, 0.5) is 0 Å². The number of nitrogens with two attached hydrogens (primary N) is 1. The van der Waals surface area contributed by atoms with E-state index in [2.05, 4.69) is 0 Å². The minimum atomic E-state index is -0.298. The Morgan fingerprint density at radius 2 is 2.18 bits per heavy atom. The molecule has 0 radical (unpaired) electrons. The number of aliphatic hydroxyl groups is 1. The molecule has 3 heteroatoms. The summed E-state index contributed by atoms with van der Waals surface area (Å²) in [6.07, 6.45) is 1.41. The van der Waals surface area contributed by atoms with Crippen molar-refractivity contribution in [2.75, 3.05) is 6.61 Å². The molecule has 0 aromatic carbocycles. The smallest absolute Gasteiger partial charge is 0.220 e. The SMILES string of the molecule is CCC(C)C(CCO)C(N)=O. The topological polar surface area (TPSA) is 63.3 Å². The molecule has 0 saturated carbocycles. The van der Waals surface area contributed by atoms with Gasteiger partial charge >= 0.3 is 0 Å². The van der Waals surface area contributed by atoms with Crippen molar-refractivity contribution in [3.8, 4) is 0 Å². The third kappa shape index (κ3) is 3.37. The summed E-state index contributed by atoms with van der Waals surface area (Å²) in [5.41, 5.74) is 5.15. The lowest BCUT2D eigenvalue weighted by Gasteiger charge is -2.17. The molecule has 0 aliphatic rings. The zero-order valence-electron chi connectivity index (χ0n) is 7.21. The highest BCUT2D eigenvalue weighted by Gasteiger charge is 2.20. The Labute approximate surface area is 67.6 Å². The standard InChI is InChI=1S/C8H17NO2/c1-3-6(2)7(4-5-10)8(9)11/h6-7,10H,3-5H2,1-2H3,(H2,9,11). The zero-order valence-corrected chi connectivity index (χ0v) is 7.21. The number of hydrogen-bond donors (Lipinski definition) is 2. The van der Waals surface area contributed by atoms with Gasteiger partial charge in [-0.2, -0.15) is 0 Å². The van der Waals surface area contributed by atoms with Gasteiger partial charge in [-0.05, 0) is 12.3 Å². The molecular formula is C8H17NO2. The first-order chi connectivity index (χ1) is 5.13. The van der Waals surface area contributed by atoms with Crippen LogP contribution in [0.2, 0.25) is 0 Å². The van der Waals surface area contributed by atoms with Gasteiger partial charge in [0.05, 0.1) is 0 Å². The van der Waals surface area contributed by atoms with Gasteiger partial charge in [0, 0.05) is 12.5 Å². The summed E-state index contributed by atoms with van der Waals surface area (Å²) in [5, 5.41) is 8.62. The Hall–Kier alpha value is -0.570. The molecule has 0 heterocycles. The monoisotopic (exact) mass is 159 g/mol. The molecule has 0 aromatic heterocycles. The largest absolute Gasteiger partial charge is 0.396 e. The summed E-state index contributed by atoms with van der Waals surface area (Å²) < 4.78 is 0. The van der Waals surface area contributed by atoms with Crippen molar-refractivity contribution in [1.82, 2.24) is 0 Å². The highest BCUT2D eigenvalue weighted by molar-refractivity contribution is 5.76. The van der Waals surface area contributed by atoms with Crippen molar-refractivity contribution >= 4 is 5.91 Å². The third-order valence-corrected chi connectivity index (χ3v) is 2.14. The molecule has 0 aliphatic carbocycles. The molecule has 0 aliphatic heterocycles. The highest BCUT2D eigenvalue weighted by atomic mass is 16.3. The van der Waals surface area contributed by atoms with Crippen molar-refractivity contribution in [3.63, 3.8) is 0 Å². The lowest BCUT2D eigenvalue weighted by molar-refractivity contribution is -0.123. The Bertz CT molecular complexity index is 125. The fourth-order valence-electron chi connectivity index (χ4n) is 1.13.